The molecular weight excluding hydrogens is 392 g/mol. The molecule has 1 N–H and O–H groups in total. The molecule has 1 aliphatic rings. The summed E-state index contributed by atoms with van der Waals surface area (Å²) >= 11 is 3.37. The van der Waals surface area contributed by atoms with Crippen molar-refractivity contribution in [2.75, 3.05) is 38.2 Å². The third-order valence-corrected chi connectivity index (χ3v) is 3.84. The van der Waals surface area contributed by atoms with Crippen LogP contribution in [0.15, 0.2) is 15.7 Å². The second kappa shape index (κ2) is 8.43. The Morgan fingerprint density at radius 2 is 2.04 bits per heavy atom. The van der Waals surface area contributed by atoms with Gasteiger partial charge in [0.05, 0.1) is 11.6 Å². The third kappa shape index (κ3) is 5.82. The SMILES string of the molecule is CONC=Nc1nc(N2CCN(C(=O)OC(C)(C)C)CC2)ncc1Br. The summed E-state index contributed by atoms with van der Waals surface area (Å²) in [5.74, 6) is 1.06. The Labute approximate surface area is 155 Å². The van der Waals surface area contributed by atoms with Crippen molar-refractivity contribution in [1.29, 1.82) is 0 Å². The van der Waals surface area contributed by atoms with Crippen molar-refractivity contribution in [1.82, 2.24) is 20.3 Å². The summed E-state index contributed by atoms with van der Waals surface area (Å²) in [7, 11) is 1.50. The van der Waals surface area contributed by atoms with Crippen LogP contribution >= 0.6 is 15.9 Å². The minimum Gasteiger partial charge on any atom is -0.444 e. The number of aromatic nitrogens is 2. The van der Waals surface area contributed by atoms with E-state index in [9.17, 15) is 4.79 Å². The standard InChI is InChI=1S/C15H23BrN6O3/c1-15(2,3)25-14(23)22-7-5-21(6-8-22)13-17-9-11(16)12(20-13)18-10-19-24-4/h9-10H,5-8H2,1-4H3,(H,17,18,19,20). The Balaban J connectivity index is 1.98. The highest BCUT2D eigenvalue weighted by Crippen LogP contribution is 2.24. The Morgan fingerprint density at radius 1 is 1.36 bits per heavy atom. The topological polar surface area (TPSA) is 92.2 Å². The lowest BCUT2D eigenvalue weighted by Crippen LogP contribution is -2.50. The maximum Gasteiger partial charge on any atom is 0.410 e. The summed E-state index contributed by atoms with van der Waals surface area (Å²) in [6.07, 6.45) is 2.76. The van der Waals surface area contributed by atoms with Gasteiger partial charge in [0, 0.05) is 32.4 Å². The van der Waals surface area contributed by atoms with Crippen LogP contribution in [0.4, 0.5) is 16.6 Å². The molecule has 10 heteroatoms. The van der Waals surface area contributed by atoms with E-state index in [1.807, 2.05) is 25.7 Å². The monoisotopic (exact) mass is 414 g/mol. The van der Waals surface area contributed by atoms with Gasteiger partial charge >= 0.3 is 6.09 Å². The molecule has 9 nitrogen and oxygen atoms in total. The number of hydrogen-bond donors (Lipinski definition) is 1. The number of rotatable bonds is 4. The molecule has 0 unspecified atom stereocenters. The first kappa shape index (κ1) is 19.4. The van der Waals surface area contributed by atoms with Crippen molar-refractivity contribution >= 4 is 40.1 Å². The molecule has 1 fully saturated rings. The minimum atomic E-state index is -0.494. The second-order valence-electron chi connectivity index (χ2n) is 6.38. The molecule has 0 atom stereocenters. The Kier molecular flexibility index (Phi) is 6.54. The van der Waals surface area contributed by atoms with Crippen LogP contribution in [0, 0.1) is 0 Å². The zero-order valence-electron chi connectivity index (χ0n) is 14.8. The number of piperazine rings is 1. The number of carbonyl (C=O) groups excluding carboxylic acids is 1. The first-order valence-corrected chi connectivity index (χ1v) is 8.66. The van der Waals surface area contributed by atoms with Crippen LogP contribution in [0.25, 0.3) is 0 Å². The number of nitrogens with zero attached hydrogens (tertiary/aromatic N) is 5. The van der Waals surface area contributed by atoms with Crippen LogP contribution in [-0.4, -0.2) is 66.2 Å². The number of hydrogen-bond acceptors (Lipinski definition) is 7. The summed E-state index contributed by atoms with van der Waals surface area (Å²) in [6.45, 7) is 7.93. The van der Waals surface area contributed by atoms with Gasteiger partial charge in [0.25, 0.3) is 0 Å². The maximum atomic E-state index is 12.1. The second-order valence-corrected chi connectivity index (χ2v) is 7.23. The van der Waals surface area contributed by atoms with Gasteiger partial charge in [0.2, 0.25) is 5.95 Å². The van der Waals surface area contributed by atoms with Gasteiger partial charge in [-0.25, -0.2) is 14.8 Å². The molecule has 1 aromatic rings. The molecular formula is C15H23BrN6O3. The number of anilines is 1. The van der Waals surface area contributed by atoms with E-state index < -0.39 is 5.60 Å². The zero-order valence-corrected chi connectivity index (χ0v) is 16.4. The summed E-state index contributed by atoms with van der Waals surface area (Å²) in [5, 5.41) is 0. The number of amides is 1. The van der Waals surface area contributed by atoms with Crippen LogP contribution in [0.2, 0.25) is 0 Å². The average molecular weight is 415 g/mol. The number of carbonyl (C=O) groups is 1. The lowest BCUT2D eigenvalue weighted by Gasteiger charge is -2.35. The van der Waals surface area contributed by atoms with Gasteiger partial charge in [-0.1, -0.05) is 0 Å². The summed E-state index contributed by atoms with van der Waals surface area (Å²) in [6, 6.07) is 0. The molecule has 0 radical (unpaired) electrons. The molecule has 25 heavy (non-hydrogen) atoms. The van der Waals surface area contributed by atoms with E-state index in [0.717, 1.165) is 0 Å². The van der Waals surface area contributed by atoms with Crippen molar-refractivity contribution in [3.63, 3.8) is 0 Å². The predicted molar refractivity (Wildman–Crippen MR) is 98.0 cm³/mol. The molecule has 0 aromatic carbocycles. The first-order valence-electron chi connectivity index (χ1n) is 7.86. The van der Waals surface area contributed by atoms with Gasteiger partial charge in [0.1, 0.15) is 11.9 Å². The highest BCUT2D eigenvalue weighted by Gasteiger charge is 2.26. The highest BCUT2D eigenvalue weighted by molar-refractivity contribution is 9.10. The zero-order chi connectivity index (χ0) is 18.4. The van der Waals surface area contributed by atoms with E-state index in [-0.39, 0.29) is 6.09 Å². The molecule has 2 rings (SSSR count). The number of nitrogens with one attached hydrogen (secondary N) is 1. The van der Waals surface area contributed by atoms with Gasteiger partial charge in [-0.2, -0.15) is 4.98 Å². The molecule has 1 aliphatic heterocycles. The van der Waals surface area contributed by atoms with Gasteiger partial charge in [-0.15, -0.1) is 0 Å². The fourth-order valence-corrected chi connectivity index (χ4v) is 2.44. The van der Waals surface area contributed by atoms with E-state index in [1.54, 1.807) is 11.1 Å². The molecule has 0 bridgehead atoms. The normalized spacial score (nSPS) is 15.6. The minimum absolute atomic E-state index is 0.292. The molecule has 2 heterocycles. The molecule has 0 spiro atoms. The smallest absolute Gasteiger partial charge is 0.410 e. The van der Waals surface area contributed by atoms with E-state index in [4.69, 9.17) is 9.57 Å². The first-order chi connectivity index (χ1) is 11.8. The number of halogens is 1. The largest absolute Gasteiger partial charge is 0.444 e. The molecule has 0 saturated carbocycles. The fraction of sp³-hybridized carbons (Fsp3) is 0.600. The van der Waals surface area contributed by atoms with Gasteiger partial charge in [0.15, 0.2) is 5.82 Å². The van der Waals surface area contributed by atoms with E-state index >= 15 is 0 Å². The van der Waals surface area contributed by atoms with Crippen molar-refractivity contribution in [2.45, 2.75) is 26.4 Å². The van der Waals surface area contributed by atoms with E-state index in [1.165, 1.54) is 13.4 Å². The average Bonchev–Trinajstić information content (AvgIpc) is 2.55. The molecule has 1 aromatic heterocycles. The third-order valence-electron chi connectivity index (χ3n) is 3.28. The van der Waals surface area contributed by atoms with Crippen molar-refractivity contribution in [2.24, 2.45) is 4.99 Å². The quantitative estimate of drug-likeness (QED) is 0.458. The molecule has 0 aliphatic carbocycles. The fourth-order valence-electron chi connectivity index (χ4n) is 2.15. The van der Waals surface area contributed by atoms with E-state index in [0.29, 0.717) is 42.4 Å². The highest BCUT2D eigenvalue weighted by atomic mass is 79.9. The summed E-state index contributed by atoms with van der Waals surface area (Å²) in [4.78, 5) is 33.4. The predicted octanol–water partition coefficient (Wildman–Crippen LogP) is 2.11. The van der Waals surface area contributed by atoms with Crippen LogP contribution < -0.4 is 10.4 Å². The van der Waals surface area contributed by atoms with Crippen LogP contribution in [0.1, 0.15) is 20.8 Å². The molecule has 1 amide bonds. The van der Waals surface area contributed by atoms with Gasteiger partial charge < -0.3 is 14.5 Å². The van der Waals surface area contributed by atoms with Crippen molar-refractivity contribution in [3.8, 4) is 0 Å². The van der Waals surface area contributed by atoms with Crippen LogP contribution in [-0.2, 0) is 9.57 Å². The Bertz CT molecular complexity index is 626. The summed E-state index contributed by atoms with van der Waals surface area (Å²) < 4.78 is 6.08. The summed E-state index contributed by atoms with van der Waals surface area (Å²) in [5.41, 5.74) is 2.02. The Hall–Kier alpha value is -1.94. The van der Waals surface area contributed by atoms with Gasteiger partial charge in [-0.3, -0.25) is 10.3 Å². The lowest BCUT2D eigenvalue weighted by atomic mass is 10.2. The maximum absolute atomic E-state index is 12.1. The van der Waals surface area contributed by atoms with Crippen molar-refractivity contribution < 1.29 is 14.4 Å². The number of hydroxylamine groups is 1. The molecule has 1 saturated heterocycles. The van der Waals surface area contributed by atoms with Gasteiger partial charge in [-0.05, 0) is 36.7 Å². The van der Waals surface area contributed by atoms with Crippen LogP contribution in [0.3, 0.4) is 0 Å². The Morgan fingerprint density at radius 3 is 2.64 bits per heavy atom. The van der Waals surface area contributed by atoms with E-state index in [2.05, 4.69) is 36.4 Å². The molecule has 138 valence electrons. The lowest BCUT2D eigenvalue weighted by molar-refractivity contribution is 0.0240. The van der Waals surface area contributed by atoms with Crippen LogP contribution in [0.5, 0.6) is 0 Å². The number of aliphatic imine (C=N–C) groups is 1. The van der Waals surface area contributed by atoms with Crippen molar-refractivity contribution in [3.05, 3.63) is 10.7 Å². The number of ether oxygens (including phenoxy) is 1.